The van der Waals surface area contributed by atoms with Crippen LogP contribution >= 0.6 is 17.0 Å². The third kappa shape index (κ3) is 10.1. The Morgan fingerprint density at radius 2 is 1.24 bits per heavy atom. The highest BCUT2D eigenvalue weighted by atomic mass is 79.9. The molecule has 0 spiro atoms. The smallest absolute Gasteiger partial charge is 0.102 e. The SMILES string of the molecule is Br.CC[N+](CC)(CC)CCO.O=C([O-])C(Cc1ccccc1)Cc1ccccc1. The van der Waals surface area contributed by atoms with E-state index in [2.05, 4.69) is 20.8 Å². The summed E-state index contributed by atoms with van der Waals surface area (Å²) in [5.41, 5.74) is 2.06. The van der Waals surface area contributed by atoms with Crippen molar-refractivity contribution in [3.8, 4) is 0 Å². The van der Waals surface area contributed by atoms with E-state index < -0.39 is 11.9 Å². The maximum absolute atomic E-state index is 11.2. The number of carbonyl (C=O) groups is 1. The van der Waals surface area contributed by atoms with Crippen LogP contribution in [0.25, 0.3) is 0 Å². The van der Waals surface area contributed by atoms with Crippen molar-refractivity contribution in [1.29, 1.82) is 0 Å². The van der Waals surface area contributed by atoms with Crippen molar-refractivity contribution < 1.29 is 19.5 Å². The normalized spacial score (nSPS) is 10.7. The van der Waals surface area contributed by atoms with Crippen LogP contribution in [0.2, 0.25) is 0 Å². The van der Waals surface area contributed by atoms with E-state index in [1.165, 1.54) is 0 Å². The Bertz CT molecular complexity index is 611. The first kappa shape index (κ1) is 27.3. The minimum absolute atomic E-state index is 0. The second-order valence-electron chi connectivity index (χ2n) is 7.13. The van der Waals surface area contributed by atoms with Crippen molar-refractivity contribution in [2.75, 3.05) is 32.8 Å². The lowest BCUT2D eigenvalue weighted by Crippen LogP contribution is -2.49. The standard InChI is InChI=1S/C16H16O2.C8H20NO.BrH/c17-16(18)15(11-13-7-3-1-4-8-13)12-14-9-5-2-6-10-14;1-4-9(5-2,6-3)7-8-10;/h1-10,15H,11-12H2,(H,17,18);10H,4-8H2,1-3H3;1H/q;+1;/p-1. The lowest BCUT2D eigenvalue weighted by Gasteiger charge is -2.34. The molecule has 0 aliphatic carbocycles. The number of carbonyl (C=O) groups excluding carboxylic acids is 1. The van der Waals surface area contributed by atoms with Crippen LogP contribution in [0.5, 0.6) is 0 Å². The van der Waals surface area contributed by atoms with Crippen LogP contribution in [-0.4, -0.2) is 48.3 Å². The summed E-state index contributed by atoms with van der Waals surface area (Å²) in [5.74, 6) is -1.46. The Kier molecular flexibility index (Phi) is 14.3. The number of hydrogen-bond donors (Lipinski definition) is 1. The molecule has 29 heavy (non-hydrogen) atoms. The maximum atomic E-state index is 11.2. The average Bonchev–Trinajstić information content (AvgIpc) is 2.74. The zero-order valence-corrected chi connectivity index (χ0v) is 19.6. The molecule has 2 rings (SSSR count). The van der Waals surface area contributed by atoms with Gasteiger partial charge in [-0.1, -0.05) is 60.7 Å². The molecule has 2 aromatic carbocycles. The van der Waals surface area contributed by atoms with Gasteiger partial charge in [0.05, 0.1) is 26.2 Å². The molecule has 0 aliphatic heterocycles. The van der Waals surface area contributed by atoms with Gasteiger partial charge < -0.3 is 19.5 Å². The molecule has 5 heteroatoms. The van der Waals surface area contributed by atoms with Gasteiger partial charge >= 0.3 is 0 Å². The lowest BCUT2D eigenvalue weighted by molar-refractivity contribution is -0.923. The first-order valence-corrected chi connectivity index (χ1v) is 10.2. The van der Waals surface area contributed by atoms with E-state index in [-0.39, 0.29) is 17.0 Å². The Morgan fingerprint density at radius 1 is 0.862 bits per heavy atom. The van der Waals surface area contributed by atoms with Gasteiger partial charge in [-0.3, -0.25) is 0 Å². The van der Waals surface area contributed by atoms with E-state index in [1.54, 1.807) is 0 Å². The molecule has 0 saturated heterocycles. The molecule has 0 atom stereocenters. The Labute approximate surface area is 186 Å². The molecule has 0 amide bonds. The number of carboxylic acid groups (broad SMARTS) is 1. The minimum Gasteiger partial charge on any atom is -0.550 e. The molecule has 0 heterocycles. The summed E-state index contributed by atoms with van der Waals surface area (Å²) in [6.07, 6.45) is 1.02. The summed E-state index contributed by atoms with van der Waals surface area (Å²) >= 11 is 0. The van der Waals surface area contributed by atoms with Gasteiger partial charge in [-0.15, -0.1) is 17.0 Å². The third-order valence-corrected chi connectivity index (χ3v) is 5.57. The molecule has 0 unspecified atom stereocenters. The number of halogens is 1. The number of nitrogens with zero attached hydrogens (tertiary/aromatic N) is 1. The minimum atomic E-state index is -0.984. The largest absolute Gasteiger partial charge is 0.550 e. The molecular formula is C24H36BrNO3. The van der Waals surface area contributed by atoms with Crippen molar-refractivity contribution in [2.45, 2.75) is 33.6 Å². The Morgan fingerprint density at radius 3 is 1.48 bits per heavy atom. The second kappa shape index (κ2) is 15.2. The lowest BCUT2D eigenvalue weighted by atomic mass is 9.93. The Balaban J connectivity index is 0.000000616. The van der Waals surface area contributed by atoms with E-state index in [9.17, 15) is 9.90 Å². The fourth-order valence-electron chi connectivity index (χ4n) is 3.39. The predicted molar refractivity (Wildman–Crippen MR) is 123 cm³/mol. The summed E-state index contributed by atoms with van der Waals surface area (Å²) in [6, 6.07) is 19.3. The number of aliphatic hydroxyl groups excluding tert-OH is 1. The molecule has 0 radical (unpaired) electrons. The van der Waals surface area contributed by atoms with Gasteiger partial charge in [-0.2, -0.15) is 0 Å². The monoisotopic (exact) mass is 465 g/mol. The highest BCUT2D eigenvalue weighted by Crippen LogP contribution is 2.14. The number of aliphatic carboxylic acids is 1. The number of benzene rings is 2. The van der Waals surface area contributed by atoms with Gasteiger partial charge in [0.15, 0.2) is 0 Å². The van der Waals surface area contributed by atoms with Gasteiger partial charge in [0.25, 0.3) is 0 Å². The predicted octanol–water partition coefficient (Wildman–Crippen LogP) is 3.27. The van der Waals surface area contributed by atoms with Crippen LogP contribution in [0.3, 0.4) is 0 Å². The zero-order chi connectivity index (χ0) is 20.8. The number of hydrogen-bond acceptors (Lipinski definition) is 3. The number of quaternary nitrogens is 1. The molecule has 0 aromatic heterocycles. The first-order valence-electron chi connectivity index (χ1n) is 10.2. The van der Waals surface area contributed by atoms with Crippen LogP contribution in [0, 0.1) is 5.92 Å². The van der Waals surface area contributed by atoms with Gasteiger partial charge in [-0.05, 0) is 44.7 Å². The molecule has 0 aliphatic rings. The molecule has 4 nitrogen and oxygen atoms in total. The highest BCUT2D eigenvalue weighted by Gasteiger charge is 2.18. The van der Waals surface area contributed by atoms with Crippen LogP contribution in [-0.2, 0) is 17.6 Å². The topological polar surface area (TPSA) is 60.4 Å². The van der Waals surface area contributed by atoms with E-state index in [1.807, 2.05) is 60.7 Å². The summed E-state index contributed by atoms with van der Waals surface area (Å²) in [6.45, 7) is 11.2. The molecule has 162 valence electrons. The van der Waals surface area contributed by atoms with Crippen LogP contribution in [0.1, 0.15) is 31.9 Å². The number of rotatable bonds is 10. The zero-order valence-electron chi connectivity index (χ0n) is 17.9. The van der Waals surface area contributed by atoms with Gasteiger partial charge in [0, 0.05) is 11.9 Å². The maximum Gasteiger partial charge on any atom is 0.102 e. The molecule has 1 N–H and O–H groups in total. The fourth-order valence-corrected chi connectivity index (χ4v) is 3.39. The van der Waals surface area contributed by atoms with Gasteiger partial charge in [0.1, 0.15) is 6.54 Å². The van der Waals surface area contributed by atoms with E-state index in [0.29, 0.717) is 19.4 Å². The number of likely N-dealkylation sites (N-methyl/N-ethyl adjacent to an activating group) is 1. The molecule has 0 saturated carbocycles. The second-order valence-corrected chi connectivity index (χ2v) is 7.13. The van der Waals surface area contributed by atoms with Crippen molar-refractivity contribution in [2.24, 2.45) is 5.92 Å². The van der Waals surface area contributed by atoms with Gasteiger partial charge in [0.2, 0.25) is 0 Å². The number of aliphatic hydroxyl groups is 1. The fraction of sp³-hybridized carbons (Fsp3) is 0.458. The summed E-state index contributed by atoms with van der Waals surface area (Å²) in [4.78, 5) is 11.2. The molecule has 2 aromatic rings. The van der Waals surface area contributed by atoms with Crippen molar-refractivity contribution >= 4 is 23.0 Å². The van der Waals surface area contributed by atoms with E-state index >= 15 is 0 Å². The van der Waals surface area contributed by atoms with E-state index in [4.69, 9.17) is 5.11 Å². The molecule has 0 bridgehead atoms. The summed E-state index contributed by atoms with van der Waals surface area (Å²) in [7, 11) is 0. The van der Waals surface area contributed by atoms with Crippen molar-refractivity contribution in [1.82, 2.24) is 0 Å². The summed E-state index contributed by atoms with van der Waals surface area (Å²) in [5, 5.41) is 20.0. The van der Waals surface area contributed by atoms with Crippen molar-refractivity contribution in [3.05, 3.63) is 71.8 Å². The quantitative estimate of drug-likeness (QED) is 0.547. The van der Waals surface area contributed by atoms with Crippen LogP contribution < -0.4 is 5.11 Å². The summed E-state index contributed by atoms with van der Waals surface area (Å²) < 4.78 is 1.05. The molecule has 0 fully saturated rings. The van der Waals surface area contributed by atoms with Crippen LogP contribution in [0.4, 0.5) is 0 Å². The van der Waals surface area contributed by atoms with Gasteiger partial charge in [-0.25, -0.2) is 0 Å². The first-order chi connectivity index (χ1) is 13.5. The Hall–Kier alpha value is -1.69. The highest BCUT2D eigenvalue weighted by molar-refractivity contribution is 8.93. The van der Waals surface area contributed by atoms with E-state index in [0.717, 1.165) is 41.8 Å². The van der Waals surface area contributed by atoms with Crippen LogP contribution in [0.15, 0.2) is 60.7 Å². The van der Waals surface area contributed by atoms with Crippen molar-refractivity contribution in [3.63, 3.8) is 0 Å². The number of carboxylic acids is 1. The average molecular weight is 466 g/mol. The third-order valence-electron chi connectivity index (χ3n) is 5.57. The molecular weight excluding hydrogens is 430 g/mol.